The van der Waals surface area contributed by atoms with Crippen LogP contribution in [-0.4, -0.2) is 15.8 Å². The monoisotopic (exact) mass is 267 g/mol. The molecule has 5 heteroatoms. The maximum Gasteiger partial charge on any atom is 0.322 e. The third kappa shape index (κ3) is 4.33. The van der Waals surface area contributed by atoms with Gasteiger partial charge >= 0.3 is 5.97 Å². The Labute approximate surface area is 109 Å². The maximum atomic E-state index is 11.2. The number of carboxylic acids is 1. The zero-order valence-electron chi connectivity index (χ0n) is 9.58. The Morgan fingerprint density at radius 1 is 1.41 bits per heavy atom. The smallest absolute Gasteiger partial charge is 0.322 e. The van der Waals surface area contributed by atoms with Crippen LogP contribution >= 0.6 is 21.6 Å². The molecular weight excluding hydrogens is 254 g/mol. The first-order valence-electron chi connectivity index (χ1n) is 5.00. The minimum atomic E-state index is -0.887. The lowest BCUT2D eigenvalue weighted by atomic mass is 10.1. The highest BCUT2D eigenvalue weighted by Gasteiger charge is 2.26. The van der Waals surface area contributed by atoms with Crippen LogP contribution in [0.3, 0.4) is 0 Å². The van der Waals surface area contributed by atoms with Crippen molar-refractivity contribution in [1.29, 1.82) is 5.26 Å². The Morgan fingerprint density at radius 2 is 2.00 bits per heavy atom. The summed E-state index contributed by atoms with van der Waals surface area (Å²) in [6.07, 6.45) is 0. The van der Waals surface area contributed by atoms with Crippen LogP contribution in [0.2, 0.25) is 0 Å². The number of aliphatic carboxylic acids is 1. The topological polar surface area (TPSA) is 61.1 Å². The number of carboxylic acid groups (broad SMARTS) is 1. The molecule has 1 aromatic carbocycles. The molecule has 1 unspecified atom stereocenters. The molecule has 0 amide bonds. The number of carbonyl (C=O) groups is 1. The molecule has 1 atom stereocenters. The highest BCUT2D eigenvalue weighted by atomic mass is 33.1. The molecule has 3 nitrogen and oxygen atoms in total. The minimum absolute atomic E-state index is 0.590. The van der Waals surface area contributed by atoms with E-state index in [9.17, 15) is 9.90 Å². The minimum Gasteiger partial charge on any atom is -0.480 e. The van der Waals surface area contributed by atoms with Gasteiger partial charge in [0.2, 0.25) is 0 Å². The van der Waals surface area contributed by atoms with Crippen LogP contribution in [-0.2, 0) is 4.79 Å². The Morgan fingerprint density at radius 3 is 2.47 bits per heavy atom. The zero-order chi connectivity index (χ0) is 12.9. The molecule has 0 aliphatic carbocycles. The van der Waals surface area contributed by atoms with Crippen molar-refractivity contribution in [2.45, 2.75) is 23.8 Å². The van der Waals surface area contributed by atoms with Crippen LogP contribution in [0.25, 0.3) is 0 Å². The van der Waals surface area contributed by atoms with Crippen LogP contribution in [0.1, 0.15) is 24.7 Å². The maximum absolute atomic E-state index is 11.2. The summed E-state index contributed by atoms with van der Waals surface area (Å²) in [4.78, 5) is 11.2. The van der Waals surface area contributed by atoms with Crippen molar-refractivity contribution in [3.8, 4) is 6.07 Å². The summed E-state index contributed by atoms with van der Waals surface area (Å²) in [5.41, 5.74) is 0.742. The molecule has 0 aromatic heterocycles. The molecule has 0 fully saturated rings. The predicted octanol–water partition coefficient (Wildman–Crippen LogP) is 3.50. The van der Waals surface area contributed by atoms with Gasteiger partial charge in [-0.1, -0.05) is 51.9 Å². The average Bonchev–Trinajstić information content (AvgIpc) is 2.30. The van der Waals surface area contributed by atoms with Gasteiger partial charge in [0, 0.05) is 0 Å². The summed E-state index contributed by atoms with van der Waals surface area (Å²) < 4.78 is -0.590. The lowest BCUT2D eigenvalue weighted by Crippen LogP contribution is -2.12. The van der Waals surface area contributed by atoms with Crippen molar-refractivity contribution in [3.05, 3.63) is 35.9 Å². The highest BCUT2D eigenvalue weighted by molar-refractivity contribution is 8.77. The van der Waals surface area contributed by atoms with E-state index >= 15 is 0 Å². The molecule has 1 rings (SSSR count). The summed E-state index contributed by atoms with van der Waals surface area (Å²) in [7, 11) is 2.49. The zero-order valence-corrected chi connectivity index (χ0v) is 11.2. The van der Waals surface area contributed by atoms with E-state index in [2.05, 4.69) is 6.07 Å². The largest absolute Gasteiger partial charge is 0.480 e. The third-order valence-electron chi connectivity index (χ3n) is 1.95. The molecule has 1 aromatic rings. The van der Waals surface area contributed by atoms with Crippen molar-refractivity contribution in [1.82, 2.24) is 0 Å². The number of benzene rings is 1. The molecule has 90 valence electrons. The number of hydrogen-bond donors (Lipinski definition) is 1. The van der Waals surface area contributed by atoms with Crippen molar-refractivity contribution >= 4 is 27.6 Å². The Kier molecular flexibility index (Phi) is 4.91. The first-order valence-corrected chi connectivity index (χ1v) is 7.21. The van der Waals surface area contributed by atoms with E-state index in [1.54, 1.807) is 26.0 Å². The second kappa shape index (κ2) is 5.99. The van der Waals surface area contributed by atoms with E-state index in [1.807, 2.05) is 18.2 Å². The van der Waals surface area contributed by atoms with E-state index in [4.69, 9.17) is 5.26 Å². The summed E-state index contributed by atoms with van der Waals surface area (Å²) in [5, 5.41) is 17.4. The van der Waals surface area contributed by atoms with Gasteiger partial charge in [0.1, 0.15) is 10.00 Å². The molecule has 0 heterocycles. The standard InChI is InChI=1S/C12H13NO2S2/c1-12(2,8-13)17-16-10(11(14)15)9-6-4-3-5-7-9/h3-7,10H,1-2H3,(H,14,15). The molecule has 0 saturated carbocycles. The molecule has 1 N–H and O–H groups in total. The normalized spacial score (nSPS) is 12.8. The quantitative estimate of drug-likeness (QED) is 0.827. The van der Waals surface area contributed by atoms with Crippen LogP contribution in [0.15, 0.2) is 30.3 Å². The van der Waals surface area contributed by atoms with Gasteiger partial charge in [-0.3, -0.25) is 4.79 Å². The van der Waals surface area contributed by atoms with Gasteiger partial charge < -0.3 is 5.11 Å². The molecule has 0 bridgehead atoms. The van der Waals surface area contributed by atoms with E-state index in [0.717, 1.165) is 5.56 Å². The average molecular weight is 267 g/mol. The van der Waals surface area contributed by atoms with Gasteiger partial charge in [-0.25, -0.2) is 0 Å². The fraction of sp³-hybridized carbons (Fsp3) is 0.333. The molecular formula is C12H13NO2S2. The molecule has 17 heavy (non-hydrogen) atoms. The van der Waals surface area contributed by atoms with Gasteiger partial charge in [-0.05, 0) is 19.4 Å². The summed E-state index contributed by atoms with van der Waals surface area (Å²) in [6, 6.07) is 11.2. The molecule has 0 spiro atoms. The van der Waals surface area contributed by atoms with E-state index in [0.29, 0.717) is 0 Å². The van der Waals surface area contributed by atoms with Gasteiger partial charge in [-0.2, -0.15) is 5.26 Å². The number of hydrogen-bond acceptors (Lipinski definition) is 4. The Balaban J connectivity index is 2.77. The third-order valence-corrected chi connectivity index (χ3v) is 5.33. The second-order valence-corrected chi connectivity index (χ2v) is 6.86. The molecule has 0 saturated heterocycles. The first kappa shape index (κ1) is 13.9. The van der Waals surface area contributed by atoms with Crippen LogP contribution in [0, 0.1) is 11.3 Å². The summed E-state index contributed by atoms with van der Waals surface area (Å²) in [5.74, 6) is -0.887. The fourth-order valence-corrected chi connectivity index (χ4v) is 3.48. The van der Waals surface area contributed by atoms with Crippen molar-refractivity contribution in [3.63, 3.8) is 0 Å². The second-order valence-electron chi connectivity index (χ2n) is 3.93. The van der Waals surface area contributed by atoms with E-state index < -0.39 is 16.0 Å². The highest BCUT2D eigenvalue weighted by Crippen LogP contribution is 2.44. The van der Waals surface area contributed by atoms with Crippen molar-refractivity contribution < 1.29 is 9.90 Å². The summed E-state index contributed by atoms with van der Waals surface area (Å²) >= 11 is 0. The lowest BCUT2D eigenvalue weighted by Gasteiger charge is -2.17. The van der Waals surface area contributed by atoms with Crippen LogP contribution < -0.4 is 0 Å². The van der Waals surface area contributed by atoms with Crippen LogP contribution in [0.5, 0.6) is 0 Å². The predicted molar refractivity (Wildman–Crippen MR) is 71.7 cm³/mol. The molecule has 0 radical (unpaired) electrons. The number of nitrogens with zero attached hydrogens (tertiary/aromatic N) is 1. The van der Waals surface area contributed by atoms with Gasteiger partial charge in [-0.15, -0.1) is 0 Å². The Hall–Kier alpha value is -1.12. The molecule has 0 aliphatic heterocycles. The van der Waals surface area contributed by atoms with E-state index in [1.165, 1.54) is 21.6 Å². The van der Waals surface area contributed by atoms with Gasteiger partial charge in [0.25, 0.3) is 0 Å². The SMILES string of the molecule is CC(C)(C#N)SSC(C(=O)O)c1ccccc1. The first-order chi connectivity index (χ1) is 7.96. The van der Waals surface area contributed by atoms with Crippen LogP contribution in [0.4, 0.5) is 0 Å². The van der Waals surface area contributed by atoms with Crippen molar-refractivity contribution in [2.75, 3.05) is 0 Å². The summed E-state index contributed by atoms with van der Waals surface area (Å²) in [6.45, 7) is 3.54. The van der Waals surface area contributed by atoms with Crippen molar-refractivity contribution in [2.24, 2.45) is 0 Å². The van der Waals surface area contributed by atoms with E-state index in [-0.39, 0.29) is 0 Å². The molecule has 0 aliphatic rings. The number of nitriles is 1. The fourth-order valence-electron chi connectivity index (χ4n) is 1.05. The number of rotatable bonds is 5. The Bertz CT molecular complexity index is 426. The van der Waals surface area contributed by atoms with Gasteiger partial charge in [0.05, 0.1) is 6.07 Å². The van der Waals surface area contributed by atoms with Gasteiger partial charge in [0.15, 0.2) is 0 Å². The lowest BCUT2D eigenvalue weighted by molar-refractivity contribution is -0.136.